The van der Waals surface area contributed by atoms with E-state index in [1.807, 2.05) is 25.8 Å². The molecule has 0 aliphatic carbocycles. The van der Waals surface area contributed by atoms with Gasteiger partial charge in [0.15, 0.2) is 5.17 Å². The Morgan fingerprint density at radius 3 is 2.32 bits per heavy atom. The number of carbonyl (C=O) groups excluding carboxylic acids is 1. The maximum Gasteiger partial charge on any atom is 0.331 e. The molecule has 0 saturated carbocycles. The van der Waals surface area contributed by atoms with E-state index in [0.29, 0.717) is 5.88 Å². The Balaban J connectivity index is 2.38. The van der Waals surface area contributed by atoms with Gasteiger partial charge >= 0.3 is 6.03 Å². The van der Waals surface area contributed by atoms with Crippen LogP contribution >= 0.6 is 11.8 Å². The predicted octanol–water partition coefficient (Wildman–Crippen LogP) is 4.14. The van der Waals surface area contributed by atoms with Crippen molar-refractivity contribution in [2.75, 3.05) is 17.8 Å². The number of urea groups is 1. The molecule has 1 heterocycles. The Morgan fingerprint density at radius 1 is 1.23 bits per heavy atom. The Labute approximate surface area is 137 Å². The molecule has 2 amide bonds. The number of thioether (sulfide) groups is 1. The molecule has 22 heavy (non-hydrogen) atoms. The standard InChI is InChI=1S/C17H25N3OS/c1-6-13-9-8-10-14(7-2)15(13)20-11-22-16(18-12(3)4)19(5)17(20)21/h8-10,12H,6-7,11H2,1-5H3/b18-16-. The summed E-state index contributed by atoms with van der Waals surface area (Å²) in [6, 6.07) is 6.51. The largest absolute Gasteiger partial charge is 0.331 e. The second kappa shape index (κ2) is 7.18. The van der Waals surface area contributed by atoms with Crippen molar-refractivity contribution in [3.63, 3.8) is 0 Å². The average Bonchev–Trinajstić information content (AvgIpc) is 2.51. The van der Waals surface area contributed by atoms with Gasteiger partial charge in [0.1, 0.15) is 0 Å². The van der Waals surface area contributed by atoms with E-state index in [0.717, 1.165) is 23.7 Å². The van der Waals surface area contributed by atoms with Crippen molar-refractivity contribution >= 4 is 28.6 Å². The van der Waals surface area contributed by atoms with Crippen molar-refractivity contribution in [2.45, 2.75) is 46.6 Å². The summed E-state index contributed by atoms with van der Waals surface area (Å²) in [6.45, 7) is 8.32. The Bertz CT molecular complexity index is 561. The smallest absolute Gasteiger partial charge is 0.283 e. The van der Waals surface area contributed by atoms with Gasteiger partial charge in [-0.15, -0.1) is 0 Å². The molecule has 0 aromatic heterocycles. The molecule has 0 N–H and O–H groups in total. The number of amidine groups is 1. The molecule has 120 valence electrons. The van der Waals surface area contributed by atoms with Gasteiger partial charge in [0.25, 0.3) is 0 Å². The van der Waals surface area contributed by atoms with Crippen molar-refractivity contribution in [2.24, 2.45) is 4.99 Å². The van der Waals surface area contributed by atoms with E-state index in [1.54, 1.807) is 16.7 Å². The third kappa shape index (κ3) is 3.29. The molecule has 0 atom stereocenters. The molecule has 1 aliphatic heterocycles. The first-order chi connectivity index (χ1) is 10.5. The third-order valence-corrected chi connectivity index (χ3v) is 4.76. The van der Waals surface area contributed by atoms with Crippen LogP contribution in [0.5, 0.6) is 0 Å². The number of amides is 2. The fourth-order valence-corrected chi connectivity index (χ4v) is 3.65. The Hall–Kier alpha value is -1.49. The number of hydrogen-bond donors (Lipinski definition) is 0. The summed E-state index contributed by atoms with van der Waals surface area (Å²) in [6.07, 6.45) is 1.85. The van der Waals surface area contributed by atoms with Crippen LogP contribution < -0.4 is 4.90 Å². The van der Waals surface area contributed by atoms with Crippen LogP contribution in [0, 0.1) is 0 Å². The van der Waals surface area contributed by atoms with Crippen molar-refractivity contribution in [1.29, 1.82) is 0 Å². The zero-order valence-corrected chi connectivity index (χ0v) is 14.9. The maximum atomic E-state index is 12.8. The first-order valence-corrected chi connectivity index (χ1v) is 8.84. The minimum absolute atomic E-state index is 0.00810. The van der Waals surface area contributed by atoms with E-state index in [-0.39, 0.29) is 12.1 Å². The van der Waals surface area contributed by atoms with Gasteiger partial charge in [0.2, 0.25) is 0 Å². The highest BCUT2D eigenvalue weighted by Gasteiger charge is 2.31. The number of carbonyl (C=O) groups is 1. The normalized spacial score (nSPS) is 17.7. The quantitative estimate of drug-likeness (QED) is 0.836. The van der Waals surface area contributed by atoms with E-state index < -0.39 is 0 Å². The van der Waals surface area contributed by atoms with Gasteiger partial charge in [0, 0.05) is 13.1 Å². The van der Waals surface area contributed by atoms with Crippen molar-refractivity contribution in [3.8, 4) is 0 Å². The van der Waals surface area contributed by atoms with Gasteiger partial charge in [-0.05, 0) is 37.8 Å². The summed E-state index contributed by atoms with van der Waals surface area (Å²) in [4.78, 5) is 20.9. The number of aryl methyl sites for hydroxylation is 2. The number of hydrogen-bond acceptors (Lipinski definition) is 3. The second-order valence-corrected chi connectivity index (χ2v) is 6.59. The fraction of sp³-hybridized carbons (Fsp3) is 0.529. The zero-order valence-electron chi connectivity index (χ0n) is 14.1. The second-order valence-electron chi connectivity index (χ2n) is 5.68. The van der Waals surface area contributed by atoms with Gasteiger partial charge in [-0.1, -0.05) is 43.8 Å². The highest BCUT2D eigenvalue weighted by atomic mass is 32.2. The summed E-state index contributed by atoms with van der Waals surface area (Å²) < 4.78 is 0. The van der Waals surface area contributed by atoms with Crippen molar-refractivity contribution in [1.82, 2.24) is 4.90 Å². The van der Waals surface area contributed by atoms with Gasteiger partial charge < -0.3 is 0 Å². The van der Waals surface area contributed by atoms with Crippen LogP contribution in [0.4, 0.5) is 10.5 Å². The summed E-state index contributed by atoms with van der Waals surface area (Å²) in [5, 5.41) is 0.809. The lowest BCUT2D eigenvalue weighted by atomic mass is 10.0. The number of nitrogens with zero attached hydrogens (tertiary/aromatic N) is 3. The van der Waals surface area contributed by atoms with Crippen LogP contribution in [0.25, 0.3) is 0 Å². The molecule has 4 nitrogen and oxygen atoms in total. The lowest BCUT2D eigenvalue weighted by Crippen LogP contribution is -2.49. The Kier molecular flexibility index (Phi) is 5.51. The van der Waals surface area contributed by atoms with Crippen molar-refractivity contribution in [3.05, 3.63) is 29.3 Å². The van der Waals surface area contributed by atoms with Crippen LogP contribution in [-0.4, -0.2) is 35.1 Å². The molecule has 0 bridgehead atoms. The molecule has 5 heteroatoms. The predicted molar refractivity (Wildman–Crippen MR) is 95.9 cm³/mol. The molecule has 0 unspecified atom stereocenters. The highest BCUT2D eigenvalue weighted by Crippen LogP contribution is 2.32. The van der Waals surface area contributed by atoms with Crippen LogP contribution in [-0.2, 0) is 12.8 Å². The average molecular weight is 319 g/mol. The lowest BCUT2D eigenvalue weighted by Gasteiger charge is -2.35. The molecule has 0 spiro atoms. The fourth-order valence-electron chi connectivity index (χ4n) is 2.60. The van der Waals surface area contributed by atoms with Crippen LogP contribution in [0.2, 0.25) is 0 Å². The van der Waals surface area contributed by atoms with Crippen molar-refractivity contribution < 1.29 is 4.79 Å². The highest BCUT2D eigenvalue weighted by molar-refractivity contribution is 8.14. The minimum Gasteiger partial charge on any atom is -0.283 e. The van der Waals surface area contributed by atoms with E-state index in [4.69, 9.17) is 0 Å². The first-order valence-electron chi connectivity index (χ1n) is 7.86. The number of benzene rings is 1. The molecule has 1 fully saturated rings. The Morgan fingerprint density at radius 2 is 1.82 bits per heavy atom. The topological polar surface area (TPSA) is 35.9 Å². The van der Waals surface area contributed by atoms with E-state index in [2.05, 4.69) is 37.0 Å². The molecule has 0 radical (unpaired) electrons. The van der Waals surface area contributed by atoms with Gasteiger partial charge in [-0.3, -0.25) is 14.8 Å². The van der Waals surface area contributed by atoms with Crippen LogP contribution in [0.1, 0.15) is 38.8 Å². The molecule has 2 rings (SSSR count). The van der Waals surface area contributed by atoms with Crippen LogP contribution in [0.3, 0.4) is 0 Å². The van der Waals surface area contributed by atoms with E-state index >= 15 is 0 Å². The van der Waals surface area contributed by atoms with Gasteiger partial charge in [-0.2, -0.15) is 0 Å². The third-order valence-electron chi connectivity index (χ3n) is 3.73. The molecular weight excluding hydrogens is 294 g/mol. The van der Waals surface area contributed by atoms with E-state index in [1.165, 1.54) is 11.1 Å². The molecule has 1 aliphatic rings. The van der Waals surface area contributed by atoms with Crippen LogP contribution in [0.15, 0.2) is 23.2 Å². The summed E-state index contributed by atoms with van der Waals surface area (Å²) >= 11 is 1.63. The lowest BCUT2D eigenvalue weighted by molar-refractivity contribution is 0.233. The molecule has 1 saturated heterocycles. The first kappa shape index (κ1) is 16.9. The van der Waals surface area contributed by atoms with Gasteiger partial charge in [0.05, 0.1) is 11.6 Å². The molecule has 1 aromatic rings. The summed E-state index contributed by atoms with van der Waals surface area (Å²) in [7, 11) is 1.81. The molecular formula is C17H25N3OS. The summed E-state index contributed by atoms with van der Waals surface area (Å²) in [5.74, 6) is 0.624. The number of para-hydroxylation sites is 1. The van der Waals surface area contributed by atoms with Gasteiger partial charge in [-0.25, -0.2) is 4.79 Å². The molecule has 1 aromatic carbocycles. The van der Waals surface area contributed by atoms with E-state index in [9.17, 15) is 4.79 Å². The number of aliphatic imine (C=N–C) groups is 1. The minimum atomic E-state index is 0.00810. The summed E-state index contributed by atoms with van der Waals surface area (Å²) in [5.41, 5.74) is 3.54. The maximum absolute atomic E-state index is 12.8. The monoisotopic (exact) mass is 319 g/mol. The number of anilines is 1. The zero-order chi connectivity index (χ0) is 16.3. The SMILES string of the molecule is CCc1cccc(CC)c1N1CS/C(=N\C(C)C)N(C)C1=O. The number of rotatable bonds is 4.